The van der Waals surface area contributed by atoms with E-state index in [9.17, 15) is 0 Å². The number of nitriles is 1. The van der Waals surface area contributed by atoms with Gasteiger partial charge in [0.1, 0.15) is 5.82 Å². The third-order valence-electron chi connectivity index (χ3n) is 2.45. The zero-order valence-corrected chi connectivity index (χ0v) is 11.1. The lowest BCUT2D eigenvalue weighted by atomic mass is 10.3. The summed E-state index contributed by atoms with van der Waals surface area (Å²) in [6.07, 6.45) is 0.460. The highest BCUT2D eigenvalue weighted by atomic mass is 16.5. The minimum absolute atomic E-state index is 0.460. The average molecular weight is 249 g/mol. The molecule has 0 radical (unpaired) electrons. The smallest absolute Gasteiger partial charge is 0.224 e. The van der Waals surface area contributed by atoms with Gasteiger partial charge in [0.05, 0.1) is 19.1 Å². The van der Waals surface area contributed by atoms with Crippen molar-refractivity contribution in [1.82, 2.24) is 9.97 Å². The van der Waals surface area contributed by atoms with Crippen molar-refractivity contribution in [1.29, 1.82) is 5.26 Å². The normalized spacial score (nSPS) is 9.89. The molecule has 0 spiro atoms. The fourth-order valence-electron chi connectivity index (χ4n) is 1.55. The quantitative estimate of drug-likeness (QED) is 0.782. The third kappa shape index (κ3) is 4.18. The summed E-state index contributed by atoms with van der Waals surface area (Å²) < 4.78 is 5.08. The Morgan fingerprint density at radius 2 is 2.22 bits per heavy atom. The third-order valence-corrected chi connectivity index (χ3v) is 2.45. The molecule has 18 heavy (non-hydrogen) atoms. The lowest BCUT2D eigenvalue weighted by Gasteiger charge is -2.22. The molecule has 0 atom stereocenters. The Labute approximate surface area is 108 Å². The van der Waals surface area contributed by atoms with Crippen LogP contribution in [-0.4, -0.2) is 43.8 Å². The first kappa shape index (κ1) is 14.2. The molecule has 0 aliphatic heterocycles. The van der Waals surface area contributed by atoms with Gasteiger partial charge in [0.15, 0.2) is 0 Å². The van der Waals surface area contributed by atoms with Gasteiger partial charge in [-0.3, -0.25) is 0 Å². The number of methoxy groups -OCH3 is 1. The van der Waals surface area contributed by atoms with Gasteiger partial charge in [-0.15, -0.1) is 0 Å². The summed E-state index contributed by atoms with van der Waals surface area (Å²) in [5, 5.41) is 11.6. The van der Waals surface area contributed by atoms with E-state index in [1.807, 2.05) is 17.9 Å². The van der Waals surface area contributed by atoms with Crippen molar-refractivity contribution >= 4 is 11.8 Å². The largest absolute Gasteiger partial charge is 0.383 e. The Hall–Kier alpha value is -1.87. The number of hydrogen-bond acceptors (Lipinski definition) is 6. The van der Waals surface area contributed by atoms with Crippen molar-refractivity contribution in [3.05, 3.63) is 11.8 Å². The summed E-state index contributed by atoms with van der Waals surface area (Å²) in [6.45, 7) is 3.87. The molecule has 0 aliphatic rings. The second kappa shape index (κ2) is 7.45. The molecule has 0 aromatic carbocycles. The lowest BCUT2D eigenvalue weighted by Crippen LogP contribution is -2.29. The van der Waals surface area contributed by atoms with Crippen LogP contribution in [0.25, 0.3) is 0 Å². The first-order valence-electron chi connectivity index (χ1n) is 5.85. The van der Waals surface area contributed by atoms with E-state index in [1.165, 1.54) is 0 Å². The van der Waals surface area contributed by atoms with Crippen LogP contribution in [0.4, 0.5) is 11.8 Å². The predicted octanol–water partition coefficient (Wildman–Crippen LogP) is 1.19. The van der Waals surface area contributed by atoms with E-state index in [-0.39, 0.29) is 0 Å². The monoisotopic (exact) mass is 249 g/mol. The van der Waals surface area contributed by atoms with Crippen LogP contribution in [0.2, 0.25) is 0 Å². The molecule has 0 unspecified atom stereocenters. The van der Waals surface area contributed by atoms with Gasteiger partial charge in [-0.05, 0) is 6.92 Å². The summed E-state index contributed by atoms with van der Waals surface area (Å²) in [6, 6.07) is 4.06. The second-order valence-corrected chi connectivity index (χ2v) is 3.83. The fraction of sp³-hybridized carbons (Fsp3) is 0.583. The number of nitrogens with zero attached hydrogens (tertiary/aromatic N) is 4. The maximum Gasteiger partial charge on any atom is 0.224 e. The summed E-state index contributed by atoms with van der Waals surface area (Å²) in [5.74, 6) is 1.41. The molecule has 98 valence electrons. The Kier molecular flexibility index (Phi) is 5.88. The van der Waals surface area contributed by atoms with E-state index in [0.29, 0.717) is 32.1 Å². The highest BCUT2D eigenvalue weighted by molar-refractivity contribution is 5.44. The van der Waals surface area contributed by atoms with E-state index in [4.69, 9.17) is 10.00 Å². The zero-order chi connectivity index (χ0) is 13.4. The molecule has 1 aromatic heterocycles. The van der Waals surface area contributed by atoms with Gasteiger partial charge in [0, 0.05) is 39.0 Å². The predicted molar refractivity (Wildman–Crippen MR) is 70.6 cm³/mol. The van der Waals surface area contributed by atoms with Gasteiger partial charge < -0.3 is 15.0 Å². The summed E-state index contributed by atoms with van der Waals surface area (Å²) in [4.78, 5) is 10.7. The second-order valence-electron chi connectivity index (χ2n) is 3.83. The fourth-order valence-corrected chi connectivity index (χ4v) is 1.55. The topological polar surface area (TPSA) is 74.1 Å². The van der Waals surface area contributed by atoms with Crippen molar-refractivity contribution in [2.45, 2.75) is 13.3 Å². The van der Waals surface area contributed by atoms with Crippen molar-refractivity contribution in [3.8, 4) is 6.07 Å². The molecule has 6 nitrogen and oxygen atoms in total. The maximum absolute atomic E-state index is 8.69. The van der Waals surface area contributed by atoms with Gasteiger partial charge in [-0.1, -0.05) is 0 Å². The van der Waals surface area contributed by atoms with E-state index in [2.05, 4.69) is 21.4 Å². The zero-order valence-electron chi connectivity index (χ0n) is 11.1. The minimum atomic E-state index is 0.460. The van der Waals surface area contributed by atoms with Gasteiger partial charge in [0.25, 0.3) is 0 Å². The summed E-state index contributed by atoms with van der Waals surface area (Å²) in [5.41, 5.74) is 0.892. The lowest BCUT2D eigenvalue weighted by molar-refractivity contribution is 0.205. The van der Waals surface area contributed by atoms with Crippen LogP contribution in [0.1, 0.15) is 12.1 Å². The van der Waals surface area contributed by atoms with Gasteiger partial charge >= 0.3 is 0 Å². The van der Waals surface area contributed by atoms with E-state index in [0.717, 1.165) is 11.5 Å². The van der Waals surface area contributed by atoms with Crippen molar-refractivity contribution in [2.24, 2.45) is 0 Å². The van der Waals surface area contributed by atoms with Crippen LogP contribution >= 0.6 is 0 Å². The van der Waals surface area contributed by atoms with Gasteiger partial charge in [0.2, 0.25) is 5.95 Å². The Morgan fingerprint density at radius 3 is 2.83 bits per heavy atom. The number of rotatable bonds is 7. The number of nitrogens with one attached hydrogen (secondary N) is 1. The Balaban J connectivity index is 2.88. The van der Waals surface area contributed by atoms with Crippen molar-refractivity contribution < 1.29 is 4.74 Å². The molecule has 0 bridgehead atoms. The standard InChI is InChI=1S/C12H19N5O/c1-10-9-11(16-12(14-2)15-10)17(6-4-5-13)7-8-18-3/h9H,4,6-8H2,1-3H3,(H,14,15,16). The van der Waals surface area contributed by atoms with E-state index in [1.54, 1.807) is 14.2 Å². The highest BCUT2D eigenvalue weighted by Crippen LogP contribution is 2.14. The molecule has 0 saturated heterocycles. The molecular formula is C12H19N5O. The SMILES string of the molecule is CNc1nc(C)cc(N(CCC#N)CCOC)n1. The number of ether oxygens (including phenoxy) is 1. The number of anilines is 2. The van der Waals surface area contributed by atoms with Crippen LogP contribution < -0.4 is 10.2 Å². The minimum Gasteiger partial charge on any atom is -0.383 e. The average Bonchev–Trinajstić information content (AvgIpc) is 2.38. The number of aryl methyl sites for hydroxylation is 1. The van der Waals surface area contributed by atoms with Crippen LogP contribution in [-0.2, 0) is 4.74 Å². The van der Waals surface area contributed by atoms with E-state index >= 15 is 0 Å². The van der Waals surface area contributed by atoms with E-state index < -0.39 is 0 Å². The van der Waals surface area contributed by atoms with Crippen molar-refractivity contribution in [3.63, 3.8) is 0 Å². The molecule has 0 saturated carbocycles. The molecule has 1 aromatic rings. The van der Waals surface area contributed by atoms with Gasteiger partial charge in [-0.2, -0.15) is 10.2 Å². The van der Waals surface area contributed by atoms with Crippen LogP contribution in [0, 0.1) is 18.3 Å². The number of hydrogen-bond donors (Lipinski definition) is 1. The first-order valence-corrected chi connectivity index (χ1v) is 5.85. The van der Waals surface area contributed by atoms with Gasteiger partial charge in [-0.25, -0.2) is 4.98 Å². The van der Waals surface area contributed by atoms with Crippen LogP contribution in [0.15, 0.2) is 6.07 Å². The number of aromatic nitrogens is 2. The molecule has 0 fully saturated rings. The molecule has 1 N–H and O–H groups in total. The highest BCUT2D eigenvalue weighted by Gasteiger charge is 2.09. The maximum atomic E-state index is 8.69. The molecule has 1 rings (SSSR count). The van der Waals surface area contributed by atoms with Crippen LogP contribution in [0.3, 0.4) is 0 Å². The Bertz CT molecular complexity index is 415. The van der Waals surface area contributed by atoms with Crippen LogP contribution in [0.5, 0.6) is 0 Å². The Morgan fingerprint density at radius 1 is 1.44 bits per heavy atom. The molecule has 6 heteroatoms. The summed E-state index contributed by atoms with van der Waals surface area (Å²) >= 11 is 0. The first-order chi connectivity index (χ1) is 8.71. The molecular weight excluding hydrogens is 230 g/mol. The van der Waals surface area contributed by atoms with Crippen molar-refractivity contribution in [2.75, 3.05) is 44.1 Å². The molecule has 0 aliphatic carbocycles. The molecule has 0 amide bonds. The summed E-state index contributed by atoms with van der Waals surface area (Å²) in [7, 11) is 3.44. The molecule has 1 heterocycles.